The molecule has 1 saturated heterocycles. The molecule has 0 aliphatic carbocycles. The molecular weight excluding hydrogens is 658 g/mol. The van der Waals surface area contributed by atoms with Crippen molar-refractivity contribution in [2.24, 2.45) is 0 Å². The van der Waals surface area contributed by atoms with Gasteiger partial charge in [0.1, 0.15) is 18.1 Å². The molecule has 1 aromatic heterocycles. The molecule has 0 saturated carbocycles. The predicted octanol–water partition coefficient (Wildman–Crippen LogP) is 3.63. The lowest BCUT2D eigenvalue weighted by atomic mass is 9.90. The predicted molar refractivity (Wildman–Crippen MR) is 189 cm³/mol. The molecule has 0 unspecified atom stereocenters. The summed E-state index contributed by atoms with van der Waals surface area (Å²) in [5.41, 5.74) is 4.00. The molecule has 0 N–H and O–H groups in total. The van der Waals surface area contributed by atoms with E-state index >= 15 is 0 Å². The van der Waals surface area contributed by atoms with Crippen LogP contribution in [0.25, 0.3) is 27.7 Å². The van der Waals surface area contributed by atoms with Crippen LogP contribution in [0.1, 0.15) is 27.6 Å². The van der Waals surface area contributed by atoms with E-state index in [1.165, 1.54) is 4.90 Å². The van der Waals surface area contributed by atoms with Crippen molar-refractivity contribution in [1.29, 1.82) is 0 Å². The minimum Gasteiger partial charge on any atom is -0.489 e. The number of ether oxygens (including phenoxy) is 7. The number of hydrogen-bond acceptors (Lipinski definition) is 12. The summed E-state index contributed by atoms with van der Waals surface area (Å²) in [5.74, 6) is 0.0626. The summed E-state index contributed by atoms with van der Waals surface area (Å²) in [6.45, 7) is 8.98. The molecule has 0 atom stereocenters. The molecule has 4 aromatic rings. The molecule has 3 aromatic carbocycles. The van der Waals surface area contributed by atoms with Crippen LogP contribution in [0.4, 0.5) is 5.69 Å². The Morgan fingerprint density at radius 3 is 1.96 bits per heavy atom. The molecule has 0 radical (unpaired) electrons. The number of methoxy groups -OCH3 is 1. The van der Waals surface area contributed by atoms with Crippen LogP contribution in [0, 0.1) is 0 Å². The number of rotatable bonds is 8. The third-order valence-electron chi connectivity index (χ3n) is 8.67. The Hall–Kier alpha value is -4.44. The van der Waals surface area contributed by atoms with Crippen molar-refractivity contribution < 1.29 is 42.7 Å². The van der Waals surface area contributed by atoms with Crippen LogP contribution in [0.15, 0.2) is 54.7 Å². The SMILES string of the molecule is CCN1C(=O)c2cccc3c(-c4cn(-c5ccc(N6CCOCCOCCOCCOCCOCC6)c(OCCOC)c5)nn4)ccc(c23)C1=O. The topological polar surface area (TPSA) is 136 Å². The van der Waals surface area contributed by atoms with Gasteiger partial charge in [0.15, 0.2) is 0 Å². The zero-order chi connectivity index (χ0) is 35.4. The normalized spacial score (nSPS) is 17.4. The number of carbonyl (C=O) groups is 2. The summed E-state index contributed by atoms with van der Waals surface area (Å²) < 4.78 is 41.7. The number of nitrogens with zero attached hydrogens (tertiary/aromatic N) is 5. The second-order valence-corrected chi connectivity index (χ2v) is 11.8. The van der Waals surface area contributed by atoms with Gasteiger partial charge in [0, 0.05) is 54.9 Å². The minimum absolute atomic E-state index is 0.293. The fourth-order valence-corrected chi connectivity index (χ4v) is 6.11. The lowest BCUT2D eigenvalue weighted by molar-refractivity contribution is -0.0116. The number of amides is 2. The Kier molecular flexibility index (Phi) is 13.0. The molecule has 2 aliphatic rings. The van der Waals surface area contributed by atoms with Gasteiger partial charge in [-0.1, -0.05) is 23.4 Å². The van der Waals surface area contributed by atoms with E-state index in [2.05, 4.69) is 15.2 Å². The average Bonchev–Trinajstić information content (AvgIpc) is 3.64. The van der Waals surface area contributed by atoms with Crippen molar-refractivity contribution in [2.75, 3.05) is 111 Å². The van der Waals surface area contributed by atoms with Crippen molar-refractivity contribution in [1.82, 2.24) is 19.9 Å². The van der Waals surface area contributed by atoms with Crippen LogP contribution in [0.3, 0.4) is 0 Å². The van der Waals surface area contributed by atoms with E-state index in [0.29, 0.717) is 127 Å². The Balaban J connectivity index is 1.25. The third kappa shape index (κ3) is 8.72. The summed E-state index contributed by atoms with van der Waals surface area (Å²) in [4.78, 5) is 29.7. The highest BCUT2D eigenvalue weighted by atomic mass is 16.6. The monoisotopic (exact) mass is 703 g/mol. The summed E-state index contributed by atoms with van der Waals surface area (Å²) in [5, 5.41) is 10.4. The van der Waals surface area contributed by atoms with Gasteiger partial charge in [0.05, 0.1) is 90.2 Å². The number of anilines is 1. The number of aromatic nitrogens is 3. The van der Waals surface area contributed by atoms with Crippen LogP contribution in [-0.2, 0) is 28.4 Å². The highest BCUT2D eigenvalue weighted by Gasteiger charge is 2.32. The molecule has 14 heteroatoms. The first-order chi connectivity index (χ1) is 25.1. The Bertz CT molecular complexity index is 1740. The molecule has 0 spiro atoms. The standard InChI is InChI=1S/C37H45N5O9/c1-3-41-36(43)30-6-4-5-29-28(8-9-31(35(29)30)37(41)44)32-26-42(39-38-32)27-7-10-33(34(25-27)51-24-15-45-2)40-11-13-46-16-18-48-20-22-50-23-21-49-19-17-47-14-12-40/h4-10,25-26H,3,11-24H2,1-2H3. The first kappa shape index (κ1) is 36.4. The van der Waals surface area contributed by atoms with Crippen LogP contribution < -0.4 is 9.64 Å². The molecule has 0 bridgehead atoms. The van der Waals surface area contributed by atoms with E-state index in [0.717, 1.165) is 22.3 Å². The van der Waals surface area contributed by atoms with E-state index in [1.807, 2.05) is 42.6 Å². The van der Waals surface area contributed by atoms with Gasteiger partial charge in [-0.2, -0.15) is 0 Å². The molecule has 2 amide bonds. The van der Waals surface area contributed by atoms with E-state index in [4.69, 9.17) is 33.2 Å². The van der Waals surface area contributed by atoms with Gasteiger partial charge < -0.3 is 38.1 Å². The van der Waals surface area contributed by atoms with Crippen molar-refractivity contribution in [2.45, 2.75) is 6.92 Å². The molecule has 6 rings (SSSR count). The fraction of sp³-hybridized carbons (Fsp3) is 0.459. The van der Waals surface area contributed by atoms with Crippen molar-refractivity contribution in [3.63, 3.8) is 0 Å². The summed E-state index contributed by atoms with van der Waals surface area (Å²) in [7, 11) is 1.63. The minimum atomic E-state index is -0.293. The number of hydrogen-bond donors (Lipinski definition) is 0. The van der Waals surface area contributed by atoms with E-state index < -0.39 is 0 Å². The Morgan fingerprint density at radius 1 is 0.725 bits per heavy atom. The Labute approximate surface area is 297 Å². The van der Waals surface area contributed by atoms with Crippen LogP contribution >= 0.6 is 0 Å². The average molecular weight is 704 g/mol. The zero-order valence-corrected chi connectivity index (χ0v) is 29.2. The van der Waals surface area contributed by atoms with Crippen molar-refractivity contribution in [3.8, 4) is 22.7 Å². The highest BCUT2D eigenvalue weighted by Crippen LogP contribution is 2.36. The number of imide groups is 1. The van der Waals surface area contributed by atoms with Crippen LogP contribution in [0.5, 0.6) is 5.75 Å². The number of benzene rings is 3. The van der Waals surface area contributed by atoms with Gasteiger partial charge in [-0.3, -0.25) is 14.5 Å². The maximum atomic E-state index is 13.1. The lowest BCUT2D eigenvalue weighted by Crippen LogP contribution is -2.40. The lowest BCUT2D eigenvalue weighted by Gasteiger charge is -2.27. The zero-order valence-electron chi connectivity index (χ0n) is 29.2. The molecule has 272 valence electrons. The highest BCUT2D eigenvalue weighted by molar-refractivity contribution is 6.26. The van der Waals surface area contributed by atoms with Gasteiger partial charge in [-0.05, 0) is 36.6 Å². The molecule has 2 aliphatic heterocycles. The van der Waals surface area contributed by atoms with E-state index in [-0.39, 0.29) is 11.8 Å². The maximum Gasteiger partial charge on any atom is 0.261 e. The van der Waals surface area contributed by atoms with Crippen LogP contribution in [0.2, 0.25) is 0 Å². The second-order valence-electron chi connectivity index (χ2n) is 11.8. The van der Waals surface area contributed by atoms with Gasteiger partial charge in [0.2, 0.25) is 0 Å². The maximum absolute atomic E-state index is 13.1. The molecular formula is C37H45N5O9. The fourth-order valence-electron chi connectivity index (χ4n) is 6.11. The molecule has 3 heterocycles. The van der Waals surface area contributed by atoms with Crippen molar-refractivity contribution in [3.05, 3.63) is 65.9 Å². The number of carbonyl (C=O) groups excluding carboxylic acids is 2. The molecule has 14 nitrogen and oxygen atoms in total. The van der Waals surface area contributed by atoms with Gasteiger partial charge in [-0.15, -0.1) is 5.10 Å². The van der Waals surface area contributed by atoms with Gasteiger partial charge in [-0.25, -0.2) is 4.68 Å². The van der Waals surface area contributed by atoms with Crippen LogP contribution in [-0.4, -0.2) is 138 Å². The van der Waals surface area contributed by atoms with E-state index in [9.17, 15) is 9.59 Å². The third-order valence-corrected chi connectivity index (χ3v) is 8.67. The summed E-state index contributed by atoms with van der Waals surface area (Å²) >= 11 is 0. The van der Waals surface area contributed by atoms with Crippen molar-refractivity contribution >= 4 is 28.3 Å². The van der Waals surface area contributed by atoms with Gasteiger partial charge >= 0.3 is 0 Å². The van der Waals surface area contributed by atoms with Gasteiger partial charge in [0.25, 0.3) is 11.8 Å². The summed E-state index contributed by atoms with van der Waals surface area (Å²) in [6, 6.07) is 15.0. The quantitative estimate of drug-likeness (QED) is 0.196. The Morgan fingerprint density at radius 2 is 1.33 bits per heavy atom. The summed E-state index contributed by atoms with van der Waals surface area (Å²) in [6.07, 6.45) is 1.83. The second kappa shape index (κ2) is 18.2. The van der Waals surface area contributed by atoms with E-state index in [1.54, 1.807) is 30.8 Å². The first-order valence-corrected chi connectivity index (χ1v) is 17.3. The smallest absolute Gasteiger partial charge is 0.261 e. The molecule has 1 fully saturated rings. The largest absolute Gasteiger partial charge is 0.489 e. The molecule has 51 heavy (non-hydrogen) atoms. The first-order valence-electron chi connectivity index (χ1n) is 17.3.